The number of hydrogen-bond donors (Lipinski definition) is 0. The number of carbonyl (C=O) groups excluding carboxylic acids is 1. The maximum Gasteiger partial charge on any atom is 0.227 e. The SMILES string of the molecule is COc1ccc(Cn2c(CN3CCC[C@H](C(=O)N4C[C@@H](C)N(Cc5ccccc5)[C@@H](C)C4)C3)nc3ccccc32)cc1. The Bertz CT molecular complexity index is 1470. The van der Waals surface area contributed by atoms with Crippen LogP contribution in [0.2, 0.25) is 0 Å². The molecule has 0 aliphatic carbocycles. The van der Waals surface area contributed by atoms with E-state index in [1.807, 2.05) is 18.2 Å². The van der Waals surface area contributed by atoms with Gasteiger partial charge in [0.1, 0.15) is 11.6 Å². The van der Waals surface area contributed by atoms with Gasteiger partial charge in [-0.15, -0.1) is 0 Å². The Labute approximate surface area is 249 Å². The van der Waals surface area contributed by atoms with Gasteiger partial charge in [-0.25, -0.2) is 4.98 Å². The van der Waals surface area contributed by atoms with E-state index in [1.165, 1.54) is 11.1 Å². The normalized spacial score (nSPS) is 22.0. The number of benzene rings is 3. The number of ether oxygens (including phenoxy) is 1. The summed E-state index contributed by atoms with van der Waals surface area (Å²) < 4.78 is 7.69. The van der Waals surface area contributed by atoms with Gasteiger partial charge in [0.05, 0.1) is 30.6 Å². The molecule has 42 heavy (non-hydrogen) atoms. The van der Waals surface area contributed by atoms with Crippen molar-refractivity contribution in [2.24, 2.45) is 5.92 Å². The summed E-state index contributed by atoms with van der Waals surface area (Å²) in [6.45, 7) is 10.3. The van der Waals surface area contributed by atoms with E-state index in [0.717, 1.165) is 81.3 Å². The third-order valence-electron chi connectivity index (χ3n) is 9.07. The molecule has 220 valence electrons. The summed E-state index contributed by atoms with van der Waals surface area (Å²) in [6, 6.07) is 28.0. The Morgan fingerprint density at radius 3 is 2.26 bits per heavy atom. The van der Waals surface area contributed by atoms with Crippen molar-refractivity contribution >= 4 is 16.9 Å². The average Bonchev–Trinajstić information content (AvgIpc) is 3.35. The fraction of sp³-hybridized carbons (Fsp3) is 0.429. The first-order valence-electron chi connectivity index (χ1n) is 15.4. The lowest BCUT2D eigenvalue weighted by Crippen LogP contribution is -2.59. The molecule has 0 spiro atoms. The summed E-state index contributed by atoms with van der Waals surface area (Å²) in [6.07, 6.45) is 2.00. The Kier molecular flexibility index (Phi) is 8.58. The quantitative estimate of drug-likeness (QED) is 0.285. The highest BCUT2D eigenvalue weighted by molar-refractivity contribution is 5.79. The average molecular weight is 566 g/mol. The van der Waals surface area contributed by atoms with E-state index < -0.39 is 0 Å². The minimum Gasteiger partial charge on any atom is -0.497 e. The molecule has 7 nitrogen and oxygen atoms in total. The fourth-order valence-electron chi connectivity index (χ4n) is 6.84. The first-order valence-corrected chi connectivity index (χ1v) is 15.4. The molecule has 0 radical (unpaired) electrons. The Morgan fingerprint density at radius 1 is 0.833 bits per heavy atom. The van der Waals surface area contributed by atoms with Crippen molar-refractivity contribution in [3.8, 4) is 5.75 Å². The van der Waals surface area contributed by atoms with Gasteiger partial charge in [0, 0.05) is 44.8 Å². The smallest absolute Gasteiger partial charge is 0.227 e. The van der Waals surface area contributed by atoms with Crippen LogP contribution in [0, 0.1) is 5.92 Å². The molecule has 2 fully saturated rings. The number of piperazine rings is 1. The van der Waals surface area contributed by atoms with Crippen LogP contribution in [0.25, 0.3) is 11.0 Å². The van der Waals surface area contributed by atoms with Crippen LogP contribution in [0.4, 0.5) is 0 Å². The summed E-state index contributed by atoms with van der Waals surface area (Å²) in [5.74, 6) is 2.28. The molecule has 2 aliphatic rings. The van der Waals surface area contributed by atoms with Crippen molar-refractivity contribution < 1.29 is 9.53 Å². The standard InChI is InChI=1S/C35H43N5O2/c1-26-20-38(21-27(2)39(26)22-28-10-5-4-6-11-28)35(41)30-12-9-19-37(24-30)25-34-36-32-13-7-8-14-33(32)40(34)23-29-15-17-31(42-3)18-16-29/h4-8,10-11,13-18,26-27,30H,9,12,19-25H2,1-3H3/t26-,27+,30-/m0/s1. The van der Waals surface area contributed by atoms with Gasteiger partial charge < -0.3 is 14.2 Å². The van der Waals surface area contributed by atoms with Crippen LogP contribution in [-0.4, -0.2) is 75.5 Å². The lowest BCUT2D eigenvalue weighted by atomic mass is 9.95. The van der Waals surface area contributed by atoms with Gasteiger partial charge in [-0.3, -0.25) is 14.6 Å². The van der Waals surface area contributed by atoms with E-state index in [9.17, 15) is 4.79 Å². The second kappa shape index (κ2) is 12.7. The number of methoxy groups -OCH3 is 1. The number of rotatable bonds is 8. The molecule has 6 rings (SSSR count). The highest BCUT2D eigenvalue weighted by Crippen LogP contribution is 2.26. The Morgan fingerprint density at radius 2 is 1.52 bits per heavy atom. The van der Waals surface area contributed by atoms with E-state index in [0.29, 0.717) is 18.0 Å². The van der Waals surface area contributed by atoms with Crippen LogP contribution in [-0.2, 0) is 24.4 Å². The number of likely N-dealkylation sites (tertiary alicyclic amines) is 1. The second-order valence-corrected chi connectivity index (χ2v) is 12.1. The third-order valence-corrected chi connectivity index (χ3v) is 9.07. The highest BCUT2D eigenvalue weighted by atomic mass is 16.5. The molecule has 2 aliphatic heterocycles. The number of piperidine rings is 1. The van der Waals surface area contributed by atoms with E-state index in [2.05, 4.69) is 93.8 Å². The fourth-order valence-corrected chi connectivity index (χ4v) is 6.84. The van der Waals surface area contributed by atoms with Gasteiger partial charge in [-0.2, -0.15) is 0 Å². The number of imidazole rings is 1. The van der Waals surface area contributed by atoms with Crippen LogP contribution in [0.15, 0.2) is 78.9 Å². The summed E-state index contributed by atoms with van der Waals surface area (Å²) in [4.78, 5) is 26.0. The van der Waals surface area contributed by atoms with Gasteiger partial charge in [-0.05, 0) is 68.6 Å². The molecule has 2 saturated heterocycles. The Balaban J connectivity index is 1.13. The second-order valence-electron chi connectivity index (χ2n) is 12.1. The van der Waals surface area contributed by atoms with E-state index in [1.54, 1.807) is 7.11 Å². The maximum atomic E-state index is 13.9. The minimum atomic E-state index is 0.0400. The molecule has 0 saturated carbocycles. The lowest BCUT2D eigenvalue weighted by molar-refractivity contribution is -0.142. The monoisotopic (exact) mass is 565 g/mol. The zero-order valence-corrected chi connectivity index (χ0v) is 25.2. The Hall–Kier alpha value is -3.68. The molecule has 0 bridgehead atoms. The van der Waals surface area contributed by atoms with Crippen molar-refractivity contribution in [2.75, 3.05) is 33.3 Å². The number of para-hydroxylation sites is 2. The molecular weight excluding hydrogens is 522 g/mol. The number of fused-ring (bicyclic) bond motifs is 1. The minimum absolute atomic E-state index is 0.0400. The molecule has 1 amide bonds. The van der Waals surface area contributed by atoms with E-state index in [4.69, 9.17) is 9.72 Å². The van der Waals surface area contributed by atoms with Gasteiger partial charge in [-0.1, -0.05) is 54.6 Å². The number of hydrogen-bond acceptors (Lipinski definition) is 5. The van der Waals surface area contributed by atoms with Crippen molar-refractivity contribution in [2.45, 2.75) is 58.4 Å². The van der Waals surface area contributed by atoms with Gasteiger partial charge in [0.2, 0.25) is 5.91 Å². The molecule has 3 heterocycles. The zero-order chi connectivity index (χ0) is 29.1. The number of amides is 1. The summed E-state index contributed by atoms with van der Waals surface area (Å²) in [5.41, 5.74) is 4.70. The van der Waals surface area contributed by atoms with Crippen LogP contribution >= 0.6 is 0 Å². The topological polar surface area (TPSA) is 53.8 Å². The van der Waals surface area contributed by atoms with Crippen LogP contribution in [0.1, 0.15) is 43.6 Å². The van der Waals surface area contributed by atoms with Gasteiger partial charge in [0.25, 0.3) is 0 Å². The first kappa shape index (κ1) is 28.4. The maximum absolute atomic E-state index is 13.9. The summed E-state index contributed by atoms with van der Waals surface area (Å²) in [7, 11) is 1.69. The highest BCUT2D eigenvalue weighted by Gasteiger charge is 2.36. The van der Waals surface area contributed by atoms with Crippen LogP contribution in [0.5, 0.6) is 5.75 Å². The molecule has 7 heteroatoms. The molecule has 1 aromatic heterocycles. The largest absolute Gasteiger partial charge is 0.497 e. The number of carbonyl (C=O) groups is 1. The summed E-state index contributed by atoms with van der Waals surface area (Å²) in [5, 5.41) is 0. The van der Waals surface area contributed by atoms with Crippen LogP contribution in [0.3, 0.4) is 0 Å². The predicted octanol–water partition coefficient (Wildman–Crippen LogP) is 5.43. The molecule has 3 aromatic carbocycles. The van der Waals surface area contributed by atoms with E-state index in [-0.39, 0.29) is 5.92 Å². The van der Waals surface area contributed by atoms with Crippen molar-refractivity contribution in [3.63, 3.8) is 0 Å². The first-order chi connectivity index (χ1) is 20.5. The zero-order valence-electron chi connectivity index (χ0n) is 25.2. The molecule has 0 unspecified atom stereocenters. The van der Waals surface area contributed by atoms with Gasteiger partial charge >= 0.3 is 0 Å². The van der Waals surface area contributed by atoms with Crippen molar-refractivity contribution in [1.29, 1.82) is 0 Å². The van der Waals surface area contributed by atoms with Crippen LogP contribution < -0.4 is 4.74 Å². The van der Waals surface area contributed by atoms with E-state index >= 15 is 0 Å². The molecule has 0 N–H and O–H groups in total. The van der Waals surface area contributed by atoms with Gasteiger partial charge in [0.15, 0.2) is 0 Å². The number of aromatic nitrogens is 2. The number of nitrogens with zero attached hydrogens (tertiary/aromatic N) is 5. The lowest BCUT2D eigenvalue weighted by Gasteiger charge is -2.46. The molecule has 3 atom stereocenters. The van der Waals surface area contributed by atoms with Crippen molar-refractivity contribution in [3.05, 3.63) is 95.8 Å². The summed E-state index contributed by atoms with van der Waals surface area (Å²) >= 11 is 0. The predicted molar refractivity (Wildman–Crippen MR) is 167 cm³/mol. The third kappa shape index (κ3) is 6.22. The molecular formula is C35H43N5O2. The molecule has 4 aromatic rings. The van der Waals surface area contributed by atoms with Crippen molar-refractivity contribution in [1.82, 2.24) is 24.3 Å².